The maximum Gasteiger partial charge on any atom is 0.501 e. The molecule has 23 heavy (non-hydrogen) atoms. The van der Waals surface area contributed by atoms with Gasteiger partial charge in [-0.3, -0.25) is 0 Å². The number of ether oxygens (including phenoxy) is 2. The third-order valence-corrected chi connectivity index (χ3v) is 6.81. The van der Waals surface area contributed by atoms with Crippen LogP contribution in [0, 0.1) is 0 Å². The molecule has 5 nitrogen and oxygen atoms in total. The lowest BCUT2D eigenvalue weighted by molar-refractivity contribution is 0.0696. The second kappa shape index (κ2) is 9.27. The van der Waals surface area contributed by atoms with Crippen molar-refractivity contribution in [3.05, 3.63) is 23.8 Å². The highest BCUT2D eigenvalue weighted by Crippen LogP contribution is 2.35. The van der Waals surface area contributed by atoms with E-state index in [0.29, 0.717) is 26.4 Å². The Hall–Kier alpha value is -1.08. The van der Waals surface area contributed by atoms with Crippen molar-refractivity contribution in [2.45, 2.75) is 39.7 Å². The highest BCUT2D eigenvalue weighted by Gasteiger charge is 2.39. The second-order valence-corrected chi connectivity index (χ2v) is 8.01. The fourth-order valence-corrected chi connectivity index (χ4v) is 5.35. The number of hydrogen-bond acceptors (Lipinski definition) is 5. The molecular weight excluding hydrogens is 312 g/mol. The van der Waals surface area contributed by atoms with Gasteiger partial charge in [0.2, 0.25) is 0 Å². The summed E-state index contributed by atoms with van der Waals surface area (Å²) in [4.78, 5) is 0. The van der Waals surface area contributed by atoms with Crippen molar-refractivity contribution in [1.82, 2.24) is 0 Å². The molecule has 0 amide bonds. The van der Waals surface area contributed by atoms with Crippen LogP contribution in [0.5, 0.6) is 11.5 Å². The first kappa shape index (κ1) is 18.3. The van der Waals surface area contributed by atoms with Gasteiger partial charge in [0.1, 0.15) is 0 Å². The van der Waals surface area contributed by atoms with Gasteiger partial charge in [-0.15, -0.1) is 0 Å². The molecule has 2 rings (SSSR count). The van der Waals surface area contributed by atoms with E-state index in [-0.39, 0.29) is 0 Å². The van der Waals surface area contributed by atoms with Crippen LogP contribution < -0.4 is 9.47 Å². The molecule has 0 bridgehead atoms. The van der Waals surface area contributed by atoms with E-state index >= 15 is 0 Å². The van der Waals surface area contributed by atoms with E-state index in [2.05, 4.69) is 6.07 Å². The van der Waals surface area contributed by atoms with E-state index in [1.54, 1.807) is 0 Å². The minimum absolute atomic E-state index is 0.599. The lowest BCUT2D eigenvalue weighted by Crippen LogP contribution is -2.46. The van der Waals surface area contributed by atoms with Crippen LogP contribution in [0.2, 0.25) is 6.04 Å². The Morgan fingerprint density at radius 3 is 2.39 bits per heavy atom. The minimum Gasteiger partial charge on any atom is -0.490 e. The number of rotatable bonds is 11. The highest BCUT2D eigenvalue weighted by molar-refractivity contribution is 6.60. The van der Waals surface area contributed by atoms with Crippen molar-refractivity contribution in [1.29, 1.82) is 0 Å². The van der Waals surface area contributed by atoms with Gasteiger partial charge in [-0.05, 0) is 33.3 Å². The first-order valence-electron chi connectivity index (χ1n) is 8.54. The topological polar surface area (TPSA) is 46.2 Å². The molecule has 0 aromatic heterocycles. The van der Waals surface area contributed by atoms with E-state index in [1.807, 2.05) is 32.9 Å². The zero-order chi connectivity index (χ0) is 16.5. The van der Waals surface area contributed by atoms with Gasteiger partial charge < -0.3 is 22.8 Å². The molecule has 1 heterocycles. The van der Waals surface area contributed by atoms with Crippen molar-refractivity contribution in [2.24, 2.45) is 0 Å². The zero-order valence-corrected chi connectivity index (χ0v) is 15.4. The van der Waals surface area contributed by atoms with Crippen LogP contribution in [0.25, 0.3) is 0 Å². The van der Waals surface area contributed by atoms with Gasteiger partial charge in [0.25, 0.3) is 0 Å². The summed E-state index contributed by atoms with van der Waals surface area (Å²) in [7, 11) is -2.57. The van der Waals surface area contributed by atoms with Crippen LogP contribution in [0.3, 0.4) is 0 Å². The monoisotopic (exact) mass is 340 g/mol. The van der Waals surface area contributed by atoms with Crippen LogP contribution in [-0.2, 0) is 19.7 Å². The quantitative estimate of drug-likeness (QED) is 0.456. The Morgan fingerprint density at radius 1 is 1.04 bits per heavy atom. The molecule has 0 fully saturated rings. The van der Waals surface area contributed by atoms with Gasteiger partial charge in [0.15, 0.2) is 11.5 Å². The van der Waals surface area contributed by atoms with Crippen LogP contribution in [-0.4, -0.2) is 41.8 Å². The molecule has 0 unspecified atom stereocenters. The average molecular weight is 340 g/mol. The van der Waals surface area contributed by atoms with E-state index in [1.165, 1.54) is 5.56 Å². The molecule has 130 valence electrons. The van der Waals surface area contributed by atoms with Crippen molar-refractivity contribution >= 4 is 8.80 Å². The second-order valence-electron chi connectivity index (χ2n) is 5.28. The van der Waals surface area contributed by atoms with Crippen LogP contribution in [0.15, 0.2) is 18.2 Å². The summed E-state index contributed by atoms with van der Waals surface area (Å²) in [5, 5.41) is 0. The summed E-state index contributed by atoms with van der Waals surface area (Å²) in [6.07, 6.45) is 1.79. The van der Waals surface area contributed by atoms with E-state index in [4.69, 9.17) is 22.8 Å². The number of para-hydroxylation sites is 1. The molecular formula is C17H28O5Si. The molecule has 0 radical (unpaired) electrons. The zero-order valence-electron chi connectivity index (χ0n) is 14.4. The van der Waals surface area contributed by atoms with Crippen LogP contribution in [0.1, 0.15) is 32.8 Å². The fourth-order valence-electron chi connectivity index (χ4n) is 2.77. The van der Waals surface area contributed by atoms with Crippen molar-refractivity contribution in [2.75, 3.05) is 33.0 Å². The average Bonchev–Trinajstić information content (AvgIpc) is 3.02. The van der Waals surface area contributed by atoms with Gasteiger partial charge >= 0.3 is 8.80 Å². The summed E-state index contributed by atoms with van der Waals surface area (Å²) in [5.41, 5.74) is 1.23. The van der Waals surface area contributed by atoms with Gasteiger partial charge in [-0.25, -0.2) is 0 Å². The number of benzene rings is 1. The standard InChI is InChI=1S/C17H28O5Si/c1-4-20-23(21-5-2,22-6-3)14-8-12-18-16-10-7-9-15-11-13-19-17(15)16/h7,9-10H,4-6,8,11-14H2,1-3H3. The lowest BCUT2D eigenvalue weighted by atomic mass is 10.1. The molecule has 1 aliphatic heterocycles. The maximum absolute atomic E-state index is 5.91. The van der Waals surface area contributed by atoms with Crippen molar-refractivity contribution in [3.8, 4) is 11.5 Å². The Bertz CT molecular complexity index is 463. The maximum atomic E-state index is 5.91. The summed E-state index contributed by atoms with van der Waals surface area (Å²) in [5.74, 6) is 1.73. The predicted molar refractivity (Wildman–Crippen MR) is 91.2 cm³/mol. The Balaban J connectivity index is 1.86. The molecule has 0 N–H and O–H groups in total. The minimum atomic E-state index is -2.57. The fraction of sp³-hybridized carbons (Fsp3) is 0.647. The number of fused-ring (bicyclic) bond motifs is 1. The molecule has 1 aromatic carbocycles. The highest BCUT2D eigenvalue weighted by atomic mass is 28.4. The van der Waals surface area contributed by atoms with Gasteiger partial charge in [0, 0.05) is 37.8 Å². The molecule has 1 aliphatic rings. The van der Waals surface area contributed by atoms with Gasteiger partial charge in [-0.2, -0.15) is 0 Å². The third kappa shape index (κ3) is 4.94. The molecule has 0 spiro atoms. The Kier molecular flexibility index (Phi) is 7.36. The molecule has 6 heteroatoms. The number of hydrogen-bond donors (Lipinski definition) is 0. The Morgan fingerprint density at radius 2 is 1.74 bits per heavy atom. The van der Waals surface area contributed by atoms with E-state index < -0.39 is 8.80 Å². The van der Waals surface area contributed by atoms with Gasteiger partial charge in [0.05, 0.1) is 13.2 Å². The summed E-state index contributed by atoms with van der Waals surface area (Å²) in [6.45, 7) is 9.07. The Labute approximate surface area is 140 Å². The smallest absolute Gasteiger partial charge is 0.490 e. The lowest BCUT2D eigenvalue weighted by Gasteiger charge is -2.28. The molecule has 1 aromatic rings. The molecule has 0 aliphatic carbocycles. The molecule has 0 saturated carbocycles. The van der Waals surface area contributed by atoms with Crippen molar-refractivity contribution < 1.29 is 22.8 Å². The largest absolute Gasteiger partial charge is 0.501 e. The summed E-state index contributed by atoms with van der Waals surface area (Å²) < 4.78 is 29.1. The van der Waals surface area contributed by atoms with Crippen molar-refractivity contribution in [3.63, 3.8) is 0 Å². The van der Waals surface area contributed by atoms with E-state index in [0.717, 1.165) is 37.0 Å². The van der Waals surface area contributed by atoms with Gasteiger partial charge in [-0.1, -0.05) is 12.1 Å². The normalized spacial score (nSPS) is 13.7. The summed E-state index contributed by atoms with van der Waals surface area (Å²) >= 11 is 0. The third-order valence-electron chi connectivity index (χ3n) is 3.66. The van der Waals surface area contributed by atoms with E-state index in [9.17, 15) is 0 Å². The molecule has 0 saturated heterocycles. The van der Waals surface area contributed by atoms with Crippen LogP contribution >= 0.6 is 0 Å². The first-order chi connectivity index (χ1) is 11.2. The predicted octanol–water partition coefficient (Wildman–Crippen LogP) is 3.44. The summed E-state index contributed by atoms with van der Waals surface area (Å²) in [6, 6.07) is 6.83. The van der Waals surface area contributed by atoms with Crippen LogP contribution in [0.4, 0.5) is 0 Å². The molecule has 0 atom stereocenters. The SMILES string of the molecule is CCO[Si](CCCOc1cccc2c1OCC2)(OCC)OCC. The first-order valence-corrected chi connectivity index (χ1v) is 10.5.